The predicted octanol–water partition coefficient (Wildman–Crippen LogP) is 3.71. The highest BCUT2D eigenvalue weighted by atomic mass is 19.1. The lowest BCUT2D eigenvalue weighted by molar-refractivity contribution is 0.450. The van der Waals surface area contributed by atoms with Crippen LogP contribution in [0.5, 0.6) is 11.6 Å². The van der Waals surface area contributed by atoms with Gasteiger partial charge in [0.1, 0.15) is 23.7 Å². The van der Waals surface area contributed by atoms with Crippen LogP contribution in [0.1, 0.15) is 25.0 Å². The fourth-order valence-electron chi connectivity index (χ4n) is 1.95. The molecule has 20 heavy (non-hydrogen) atoms. The Labute approximate surface area is 118 Å². The van der Waals surface area contributed by atoms with E-state index in [0.29, 0.717) is 11.6 Å². The maximum absolute atomic E-state index is 13.1. The van der Waals surface area contributed by atoms with Crippen molar-refractivity contribution in [3.05, 3.63) is 41.5 Å². The lowest BCUT2D eigenvalue weighted by atomic mass is 10.2. The minimum absolute atomic E-state index is 0.276. The number of anilines is 1. The van der Waals surface area contributed by atoms with Gasteiger partial charge in [0.25, 0.3) is 0 Å². The van der Waals surface area contributed by atoms with E-state index in [1.165, 1.54) is 18.5 Å². The van der Waals surface area contributed by atoms with Crippen LogP contribution in [0.15, 0.2) is 24.5 Å². The molecule has 0 aliphatic carbocycles. The lowest BCUT2D eigenvalue weighted by Crippen LogP contribution is -2.06. The van der Waals surface area contributed by atoms with Gasteiger partial charge in [0.05, 0.1) is 5.56 Å². The molecule has 0 fully saturated rings. The Morgan fingerprint density at radius 3 is 2.70 bits per heavy atom. The van der Waals surface area contributed by atoms with Crippen LogP contribution in [-0.2, 0) is 6.42 Å². The van der Waals surface area contributed by atoms with Crippen molar-refractivity contribution in [2.75, 3.05) is 11.9 Å². The molecule has 1 aromatic carbocycles. The molecule has 4 nitrogen and oxygen atoms in total. The van der Waals surface area contributed by atoms with Crippen LogP contribution in [0.3, 0.4) is 0 Å². The first-order valence-corrected chi connectivity index (χ1v) is 6.67. The summed E-state index contributed by atoms with van der Waals surface area (Å²) in [6, 6.07) is 4.42. The van der Waals surface area contributed by atoms with E-state index in [1.54, 1.807) is 13.0 Å². The Morgan fingerprint density at radius 1 is 1.25 bits per heavy atom. The number of hydrogen-bond donors (Lipinski definition) is 1. The number of aryl methyl sites for hydroxylation is 1. The summed E-state index contributed by atoms with van der Waals surface area (Å²) in [4.78, 5) is 8.40. The third-order valence-corrected chi connectivity index (χ3v) is 2.95. The summed E-state index contributed by atoms with van der Waals surface area (Å²) >= 11 is 0. The normalized spacial score (nSPS) is 10.4. The van der Waals surface area contributed by atoms with Crippen molar-refractivity contribution in [3.8, 4) is 11.6 Å². The fraction of sp³-hybridized carbons (Fsp3) is 0.333. The molecule has 0 aliphatic rings. The number of halogens is 1. The molecule has 0 aliphatic heterocycles. The van der Waals surface area contributed by atoms with Gasteiger partial charge in [0.2, 0.25) is 5.88 Å². The van der Waals surface area contributed by atoms with Crippen LogP contribution in [0.2, 0.25) is 0 Å². The SMILES string of the molecule is CCNc1ncnc(Oc2ccc(F)cc2C)c1CC. The summed E-state index contributed by atoms with van der Waals surface area (Å²) in [7, 11) is 0. The largest absolute Gasteiger partial charge is 0.438 e. The van der Waals surface area contributed by atoms with E-state index < -0.39 is 0 Å². The molecule has 2 rings (SSSR count). The number of hydrogen-bond acceptors (Lipinski definition) is 4. The number of aromatic nitrogens is 2. The van der Waals surface area contributed by atoms with Gasteiger partial charge in [-0.05, 0) is 44.0 Å². The van der Waals surface area contributed by atoms with Crippen molar-refractivity contribution < 1.29 is 9.13 Å². The molecule has 0 unspecified atom stereocenters. The van der Waals surface area contributed by atoms with Crippen molar-refractivity contribution in [2.24, 2.45) is 0 Å². The highest BCUT2D eigenvalue weighted by molar-refractivity contribution is 5.50. The van der Waals surface area contributed by atoms with Gasteiger partial charge in [-0.3, -0.25) is 0 Å². The Morgan fingerprint density at radius 2 is 2.05 bits per heavy atom. The molecule has 1 N–H and O–H groups in total. The smallest absolute Gasteiger partial charge is 0.227 e. The van der Waals surface area contributed by atoms with Crippen LogP contribution in [-0.4, -0.2) is 16.5 Å². The first kappa shape index (κ1) is 14.2. The number of benzene rings is 1. The van der Waals surface area contributed by atoms with E-state index in [1.807, 2.05) is 13.8 Å². The summed E-state index contributed by atoms with van der Waals surface area (Å²) in [6.07, 6.45) is 2.21. The van der Waals surface area contributed by atoms with Gasteiger partial charge in [0, 0.05) is 6.54 Å². The van der Waals surface area contributed by atoms with Crippen LogP contribution in [0.25, 0.3) is 0 Å². The third kappa shape index (κ3) is 3.04. The van der Waals surface area contributed by atoms with Crippen LogP contribution in [0, 0.1) is 12.7 Å². The van der Waals surface area contributed by atoms with E-state index in [-0.39, 0.29) is 5.82 Å². The molecule has 1 aromatic heterocycles. The van der Waals surface area contributed by atoms with Gasteiger partial charge < -0.3 is 10.1 Å². The van der Waals surface area contributed by atoms with Crippen molar-refractivity contribution >= 4 is 5.82 Å². The molecule has 1 heterocycles. The first-order valence-electron chi connectivity index (χ1n) is 6.67. The minimum atomic E-state index is -0.276. The highest BCUT2D eigenvalue weighted by Gasteiger charge is 2.12. The summed E-state index contributed by atoms with van der Waals surface area (Å²) in [5.74, 6) is 1.61. The predicted molar refractivity (Wildman–Crippen MR) is 76.8 cm³/mol. The van der Waals surface area contributed by atoms with Crippen LogP contribution in [0.4, 0.5) is 10.2 Å². The van der Waals surface area contributed by atoms with E-state index in [9.17, 15) is 4.39 Å². The second-order valence-electron chi connectivity index (χ2n) is 4.40. The Bertz CT molecular complexity index is 602. The molecule has 106 valence electrons. The lowest BCUT2D eigenvalue weighted by Gasteiger charge is -2.13. The second-order valence-corrected chi connectivity index (χ2v) is 4.40. The molecule has 0 saturated carbocycles. The Hall–Kier alpha value is -2.17. The van der Waals surface area contributed by atoms with E-state index in [4.69, 9.17) is 4.74 Å². The Balaban J connectivity index is 2.35. The highest BCUT2D eigenvalue weighted by Crippen LogP contribution is 2.29. The molecular weight excluding hydrogens is 257 g/mol. The monoisotopic (exact) mass is 275 g/mol. The van der Waals surface area contributed by atoms with E-state index >= 15 is 0 Å². The maximum atomic E-state index is 13.1. The van der Waals surface area contributed by atoms with Gasteiger partial charge in [-0.15, -0.1) is 0 Å². The Kier molecular flexibility index (Phi) is 4.50. The topological polar surface area (TPSA) is 47.0 Å². The van der Waals surface area contributed by atoms with Gasteiger partial charge >= 0.3 is 0 Å². The summed E-state index contributed by atoms with van der Waals surface area (Å²) in [5, 5.41) is 3.19. The number of rotatable bonds is 5. The summed E-state index contributed by atoms with van der Waals surface area (Å²) in [6.45, 7) is 6.60. The van der Waals surface area contributed by atoms with Gasteiger partial charge in [-0.1, -0.05) is 6.92 Å². The van der Waals surface area contributed by atoms with Crippen molar-refractivity contribution in [3.63, 3.8) is 0 Å². The van der Waals surface area contributed by atoms with Gasteiger partial charge in [-0.25, -0.2) is 14.4 Å². The maximum Gasteiger partial charge on any atom is 0.227 e. The number of ether oxygens (including phenoxy) is 1. The molecule has 0 spiro atoms. The molecule has 0 radical (unpaired) electrons. The third-order valence-electron chi connectivity index (χ3n) is 2.95. The first-order chi connectivity index (χ1) is 9.65. The second kappa shape index (κ2) is 6.32. The van der Waals surface area contributed by atoms with E-state index in [2.05, 4.69) is 15.3 Å². The van der Waals surface area contributed by atoms with E-state index in [0.717, 1.165) is 29.9 Å². The molecule has 0 amide bonds. The fourth-order valence-corrected chi connectivity index (χ4v) is 1.95. The quantitative estimate of drug-likeness (QED) is 0.903. The average Bonchev–Trinajstić information content (AvgIpc) is 2.42. The molecular formula is C15H18FN3O. The summed E-state index contributed by atoms with van der Waals surface area (Å²) < 4.78 is 18.9. The molecule has 2 aromatic rings. The minimum Gasteiger partial charge on any atom is -0.438 e. The van der Waals surface area contributed by atoms with Crippen LogP contribution < -0.4 is 10.1 Å². The zero-order chi connectivity index (χ0) is 14.5. The average molecular weight is 275 g/mol. The molecule has 0 saturated heterocycles. The number of nitrogens with one attached hydrogen (secondary N) is 1. The van der Waals surface area contributed by atoms with Gasteiger partial charge in [0.15, 0.2) is 0 Å². The van der Waals surface area contributed by atoms with Crippen molar-refractivity contribution in [1.29, 1.82) is 0 Å². The standard InChI is InChI=1S/C15H18FN3O/c1-4-12-14(17-5-2)18-9-19-15(12)20-13-7-6-11(16)8-10(13)3/h6-9H,4-5H2,1-3H3,(H,17,18,19). The summed E-state index contributed by atoms with van der Waals surface area (Å²) in [5.41, 5.74) is 1.65. The zero-order valence-electron chi connectivity index (χ0n) is 11.9. The van der Waals surface area contributed by atoms with Gasteiger partial charge in [-0.2, -0.15) is 0 Å². The molecule has 5 heteroatoms. The van der Waals surface area contributed by atoms with Crippen LogP contribution >= 0.6 is 0 Å². The van der Waals surface area contributed by atoms with Crippen molar-refractivity contribution in [2.45, 2.75) is 27.2 Å². The zero-order valence-corrected chi connectivity index (χ0v) is 11.9. The molecule has 0 atom stereocenters. The molecule has 0 bridgehead atoms. The number of nitrogens with zero attached hydrogens (tertiary/aromatic N) is 2. The van der Waals surface area contributed by atoms with Crippen molar-refractivity contribution in [1.82, 2.24) is 9.97 Å².